The number of halogens is 1. The molecule has 1 N–H and O–H groups in total. The second-order valence-electron chi connectivity index (χ2n) is 7.57. The van der Waals surface area contributed by atoms with E-state index in [-0.39, 0.29) is 21.0 Å². The van der Waals surface area contributed by atoms with Crippen LogP contribution < -0.4 is 14.2 Å². The number of hydrazone groups is 1. The van der Waals surface area contributed by atoms with Crippen LogP contribution in [-0.2, 0) is 14.6 Å². The molecule has 0 bridgehead atoms. The monoisotopic (exact) mass is 548 g/mol. The maximum absolute atomic E-state index is 12.5. The molecule has 13 heteroatoms. The molecule has 0 spiro atoms. The lowest BCUT2D eigenvalue weighted by atomic mass is 10.1. The minimum Gasteiger partial charge on any atom is -0.493 e. The van der Waals surface area contributed by atoms with E-state index < -0.39 is 15.7 Å². The molecule has 0 unspecified atom stereocenters. The van der Waals surface area contributed by atoms with Crippen molar-refractivity contribution in [2.75, 3.05) is 26.6 Å². The summed E-state index contributed by atoms with van der Waals surface area (Å²) in [5.74, 6) is 0.741. The number of hydrogen-bond donors (Lipinski definition) is 1. The standard InChI is InChI=1S/C23H21ClN4O6S2/c1-32-19-13-14(4-9-18(19)34-11-3-10-33-16-7-5-15(24)6-8-16)12-17-20(25)28-22(26-21(17)29)35-23(27-28)36(2,30)31/h4-9,12-13,25H,3,10-11H2,1-2H3/b17-12+,25-20?. The van der Waals surface area contributed by atoms with Crippen molar-refractivity contribution in [1.29, 1.82) is 5.41 Å². The highest BCUT2D eigenvalue weighted by atomic mass is 35.5. The summed E-state index contributed by atoms with van der Waals surface area (Å²) in [6.07, 6.45) is 3.10. The normalized spacial score (nSPS) is 16.5. The van der Waals surface area contributed by atoms with Gasteiger partial charge < -0.3 is 14.2 Å². The zero-order valence-electron chi connectivity index (χ0n) is 19.2. The number of hydrogen-bond acceptors (Lipinski definition) is 9. The first kappa shape index (κ1) is 25.7. The molecule has 0 fully saturated rings. The van der Waals surface area contributed by atoms with Crippen molar-refractivity contribution in [3.05, 3.63) is 58.6 Å². The average molecular weight is 549 g/mol. The number of nitrogens with one attached hydrogen (secondary N) is 1. The molecule has 2 aliphatic rings. The van der Waals surface area contributed by atoms with E-state index in [2.05, 4.69) is 10.1 Å². The molecule has 0 atom stereocenters. The Labute approximate surface area is 217 Å². The Morgan fingerprint density at radius 3 is 2.53 bits per heavy atom. The maximum atomic E-state index is 12.5. The molecule has 36 heavy (non-hydrogen) atoms. The van der Waals surface area contributed by atoms with Gasteiger partial charge >= 0.3 is 0 Å². The van der Waals surface area contributed by atoms with Crippen LogP contribution in [0, 0.1) is 5.41 Å². The van der Waals surface area contributed by atoms with Gasteiger partial charge in [-0.2, -0.15) is 10.0 Å². The van der Waals surface area contributed by atoms with Gasteiger partial charge in [0, 0.05) is 17.7 Å². The second-order valence-corrected chi connectivity index (χ2v) is 11.2. The van der Waals surface area contributed by atoms with Crippen molar-refractivity contribution >= 4 is 60.6 Å². The molecule has 2 aliphatic heterocycles. The van der Waals surface area contributed by atoms with E-state index in [1.54, 1.807) is 42.5 Å². The minimum atomic E-state index is -3.60. The summed E-state index contributed by atoms with van der Waals surface area (Å²) in [6.45, 7) is 0.845. The van der Waals surface area contributed by atoms with E-state index in [0.29, 0.717) is 41.7 Å². The average Bonchev–Trinajstić information content (AvgIpc) is 3.28. The summed E-state index contributed by atoms with van der Waals surface area (Å²) in [7, 11) is -2.10. The highest BCUT2D eigenvalue weighted by molar-refractivity contribution is 8.42. The zero-order valence-corrected chi connectivity index (χ0v) is 21.6. The van der Waals surface area contributed by atoms with Crippen molar-refractivity contribution < 1.29 is 27.4 Å². The molecule has 1 amide bonds. The second kappa shape index (κ2) is 10.7. The molecular formula is C23H21ClN4O6S2. The summed E-state index contributed by atoms with van der Waals surface area (Å²) in [5.41, 5.74) is 0.532. The molecule has 4 rings (SSSR count). The van der Waals surface area contributed by atoms with Crippen molar-refractivity contribution in [3.63, 3.8) is 0 Å². The number of carbonyl (C=O) groups is 1. The predicted octanol–water partition coefficient (Wildman–Crippen LogP) is 3.82. The van der Waals surface area contributed by atoms with Crippen LogP contribution in [-0.4, -0.2) is 61.3 Å². The number of aliphatic imine (C=N–C) groups is 1. The van der Waals surface area contributed by atoms with Crippen molar-refractivity contribution in [2.45, 2.75) is 6.42 Å². The third-order valence-corrected chi connectivity index (χ3v) is 7.71. The number of rotatable bonds is 8. The summed E-state index contributed by atoms with van der Waals surface area (Å²) in [5, 5.41) is 14.0. The number of benzene rings is 2. The van der Waals surface area contributed by atoms with Crippen molar-refractivity contribution in [3.8, 4) is 17.2 Å². The Morgan fingerprint density at radius 2 is 1.83 bits per heavy atom. The highest BCUT2D eigenvalue weighted by Gasteiger charge is 2.38. The molecule has 0 saturated carbocycles. The van der Waals surface area contributed by atoms with Gasteiger partial charge in [-0.15, -0.1) is 5.10 Å². The molecular weight excluding hydrogens is 528 g/mol. The van der Waals surface area contributed by atoms with Gasteiger partial charge in [-0.05, 0) is 59.8 Å². The Hall–Kier alpha value is -3.35. The van der Waals surface area contributed by atoms with Crippen LogP contribution in [0.2, 0.25) is 5.02 Å². The molecule has 2 heterocycles. The van der Waals surface area contributed by atoms with E-state index in [1.165, 1.54) is 13.2 Å². The number of carbonyl (C=O) groups excluding carboxylic acids is 1. The summed E-state index contributed by atoms with van der Waals surface area (Å²) in [4.78, 5) is 16.4. The van der Waals surface area contributed by atoms with E-state index in [0.717, 1.165) is 28.8 Å². The minimum absolute atomic E-state index is 0.0314. The lowest BCUT2D eigenvalue weighted by molar-refractivity contribution is -0.114. The van der Waals surface area contributed by atoms with Crippen LogP contribution in [0.3, 0.4) is 0 Å². The lowest BCUT2D eigenvalue weighted by Crippen LogP contribution is -2.35. The third-order valence-electron chi connectivity index (χ3n) is 4.88. The number of ether oxygens (including phenoxy) is 3. The summed E-state index contributed by atoms with van der Waals surface area (Å²) in [6, 6.07) is 12.2. The first-order chi connectivity index (χ1) is 17.2. The molecule has 2 aromatic carbocycles. The SMILES string of the molecule is COc1cc(/C=C2\C(=N)N3N=C(S(C)(=O)=O)SC3=NC2=O)ccc1OCCCOc1ccc(Cl)cc1. The van der Waals surface area contributed by atoms with Gasteiger partial charge in [0.05, 0.1) is 25.9 Å². The topological polar surface area (TPSA) is 131 Å². The number of amidine groups is 2. The number of methoxy groups -OCH3 is 1. The first-order valence-electron chi connectivity index (χ1n) is 10.5. The number of thioether (sulfide) groups is 1. The fourth-order valence-corrected chi connectivity index (χ4v) is 4.96. The number of amides is 1. The zero-order chi connectivity index (χ0) is 25.9. The summed E-state index contributed by atoms with van der Waals surface area (Å²) >= 11 is 6.60. The van der Waals surface area contributed by atoms with Gasteiger partial charge in [0.2, 0.25) is 19.4 Å². The third kappa shape index (κ3) is 5.89. The van der Waals surface area contributed by atoms with Crippen LogP contribution >= 0.6 is 23.4 Å². The molecule has 0 aliphatic carbocycles. The van der Waals surface area contributed by atoms with Crippen LogP contribution in [0.1, 0.15) is 12.0 Å². The Bertz CT molecular complexity index is 1400. The maximum Gasteiger partial charge on any atom is 0.283 e. The fraction of sp³-hybridized carbons (Fsp3) is 0.217. The van der Waals surface area contributed by atoms with E-state index >= 15 is 0 Å². The Kier molecular flexibility index (Phi) is 7.67. The van der Waals surface area contributed by atoms with Gasteiger partial charge in [0.25, 0.3) is 5.91 Å². The number of fused-ring (bicyclic) bond motifs is 1. The molecule has 0 saturated heterocycles. The van der Waals surface area contributed by atoms with Gasteiger partial charge in [0.15, 0.2) is 17.3 Å². The van der Waals surface area contributed by atoms with Gasteiger partial charge in [0.1, 0.15) is 5.75 Å². The van der Waals surface area contributed by atoms with Crippen LogP contribution in [0.4, 0.5) is 0 Å². The molecule has 0 radical (unpaired) electrons. The predicted molar refractivity (Wildman–Crippen MR) is 140 cm³/mol. The van der Waals surface area contributed by atoms with E-state index in [9.17, 15) is 13.2 Å². The molecule has 2 aromatic rings. The smallest absolute Gasteiger partial charge is 0.283 e. The van der Waals surface area contributed by atoms with Crippen LogP contribution in [0.5, 0.6) is 17.2 Å². The summed E-state index contributed by atoms with van der Waals surface area (Å²) < 4.78 is 40.2. The van der Waals surface area contributed by atoms with E-state index in [1.807, 2.05) is 0 Å². The van der Waals surface area contributed by atoms with Gasteiger partial charge in [-0.3, -0.25) is 10.2 Å². The molecule has 10 nitrogen and oxygen atoms in total. The van der Waals surface area contributed by atoms with Crippen LogP contribution in [0.15, 0.2) is 58.1 Å². The number of sulfone groups is 1. The van der Waals surface area contributed by atoms with Gasteiger partial charge in [-0.25, -0.2) is 8.42 Å². The molecule has 0 aromatic heterocycles. The number of nitrogens with zero attached hydrogens (tertiary/aromatic N) is 3. The Morgan fingerprint density at radius 1 is 1.11 bits per heavy atom. The van der Waals surface area contributed by atoms with Crippen LogP contribution in [0.25, 0.3) is 6.08 Å². The first-order valence-corrected chi connectivity index (χ1v) is 13.6. The van der Waals surface area contributed by atoms with Crippen molar-refractivity contribution in [2.24, 2.45) is 10.1 Å². The molecule has 188 valence electrons. The Balaban J connectivity index is 1.41. The lowest BCUT2D eigenvalue weighted by Gasteiger charge is -2.20. The van der Waals surface area contributed by atoms with Gasteiger partial charge in [-0.1, -0.05) is 17.7 Å². The quantitative estimate of drug-likeness (QED) is 0.389. The highest BCUT2D eigenvalue weighted by Crippen LogP contribution is 2.32. The largest absolute Gasteiger partial charge is 0.493 e. The fourth-order valence-electron chi connectivity index (χ4n) is 3.15. The van der Waals surface area contributed by atoms with Crippen molar-refractivity contribution in [1.82, 2.24) is 5.01 Å². The van der Waals surface area contributed by atoms with E-state index in [4.69, 9.17) is 31.2 Å².